The molecule has 1 heterocycles. The number of hydrogen-bond donors (Lipinski definition) is 0. The van der Waals surface area contributed by atoms with Gasteiger partial charge < -0.3 is 9.30 Å². The number of fused-ring (bicyclic) bond motifs is 1. The fraction of sp³-hybridized carbons (Fsp3) is 0.588. The number of aromatic nitrogens is 2. The first-order valence-corrected chi connectivity index (χ1v) is 8.31. The van der Waals surface area contributed by atoms with Gasteiger partial charge in [0.2, 0.25) is 0 Å². The zero-order valence-corrected chi connectivity index (χ0v) is 13.7. The fourth-order valence-electron chi connectivity index (χ4n) is 2.85. The Morgan fingerprint density at radius 2 is 2.24 bits per heavy atom. The second kappa shape index (κ2) is 5.88. The molecule has 0 spiro atoms. The lowest BCUT2D eigenvalue weighted by molar-refractivity contribution is 0.320. The van der Waals surface area contributed by atoms with E-state index in [1.54, 1.807) is 0 Å². The summed E-state index contributed by atoms with van der Waals surface area (Å²) < 4.78 is 8.13. The van der Waals surface area contributed by atoms with Gasteiger partial charge in [0.15, 0.2) is 0 Å². The first-order valence-electron chi connectivity index (χ1n) is 7.87. The van der Waals surface area contributed by atoms with Gasteiger partial charge in [0.1, 0.15) is 17.1 Å². The topological polar surface area (TPSA) is 27.1 Å². The molecule has 0 bridgehead atoms. The summed E-state index contributed by atoms with van der Waals surface area (Å²) >= 11 is 6.35. The average molecular weight is 307 g/mol. The van der Waals surface area contributed by atoms with Gasteiger partial charge in [-0.25, -0.2) is 4.98 Å². The SMILES string of the molecule is CCCOc1cccc2c1nc(C(C)Cl)n2CC1CC1C. The second-order valence-corrected chi connectivity index (χ2v) is 6.80. The molecule has 1 aromatic carbocycles. The minimum absolute atomic E-state index is 0.0921. The predicted octanol–water partition coefficient (Wildman–Crippen LogP) is 4.78. The van der Waals surface area contributed by atoms with E-state index in [2.05, 4.69) is 24.5 Å². The largest absolute Gasteiger partial charge is 0.491 e. The lowest BCUT2D eigenvalue weighted by atomic mass is 10.2. The molecule has 3 atom stereocenters. The van der Waals surface area contributed by atoms with Crippen LogP contribution in [0.1, 0.15) is 44.8 Å². The van der Waals surface area contributed by atoms with Crippen molar-refractivity contribution in [2.75, 3.05) is 6.61 Å². The third kappa shape index (κ3) is 2.89. The van der Waals surface area contributed by atoms with Gasteiger partial charge in [0.25, 0.3) is 0 Å². The molecule has 114 valence electrons. The lowest BCUT2D eigenvalue weighted by Crippen LogP contribution is -2.06. The molecule has 1 aliphatic rings. The van der Waals surface area contributed by atoms with E-state index in [1.807, 2.05) is 19.1 Å². The van der Waals surface area contributed by atoms with Crippen molar-refractivity contribution in [2.45, 2.75) is 45.5 Å². The molecule has 0 saturated heterocycles. The van der Waals surface area contributed by atoms with Gasteiger partial charge in [0.05, 0.1) is 17.5 Å². The highest BCUT2D eigenvalue weighted by Crippen LogP contribution is 2.41. The Morgan fingerprint density at radius 3 is 2.86 bits per heavy atom. The molecular formula is C17H23ClN2O. The number of nitrogens with zero attached hydrogens (tertiary/aromatic N) is 2. The van der Waals surface area contributed by atoms with Crippen LogP contribution >= 0.6 is 11.6 Å². The number of ether oxygens (including phenoxy) is 1. The fourth-order valence-corrected chi connectivity index (χ4v) is 3.02. The van der Waals surface area contributed by atoms with Crippen molar-refractivity contribution in [2.24, 2.45) is 11.8 Å². The van der Waals surface area contributed by atoms with Gasteiger partial charge in [-0.3, -0.25) is 0 Å². The van der Waals surface area contributed by atoms with Crippen molar-refractivity contribution in [1.82, 2.24) is 9.55 Å². The molecule has 4 heteroatoms. The van der Waals surface area contributed by atoms with Crippen LogP contribution in [0.3, 0.4) is 0 Å². The smallest absolute Gasteiger partial charge is 0.147 e. The molecule has 2 aromatic rings. The molecule has 0 aliphatic heterocycles. The summed E-state index contributed by atoms with van der Waals surface area (Å²) in [5.41, 5.74) is 2.09. The third-order valence-corrected chi connectivity index (χ3v) is 4.48. The molecule has 0 radical (unpaired) electrons. The van der Waals surface area contributed by atoms with Gasteiger partial charge in [-0.1, -0.05) is 19.9 Å². The van der Waals surface area contributed by atoms with Crippen LogP contribution in [-0.2, 0) is 6.54 Å². The number of halogens is 1. The number of hydrogen-bond acceptors (Lipinski definition) is 2. The van der Waals surface area contributed by atoms with E-state index in [9.17, 15) is 0 Å². The minimum Gasteiger partial charge on any atom is -0.491 e. The Hall–Kier alpha value is -1.22. The maximum absolute atomic E-state index is 6.35. The minimum atomic E-state index is -0.0921. The normalized spacial score (nSPS) is 22.5. The van der Waals surface area contributed by atoms with E-state index in [-0.39, 0.29) is 5.38 Å². The number of imidazole rings is 1. The molecule has 1 fully saturated rings. The number of benzene rings is 1. The van der Waals surface area contributed by atoms with Gasteiger partial charge in [-0.15, -0.1) is 11.6 Å². The summed E-state index contributed by atoms with van der Waals surface area (Å²) in [5, 5.41) is -0.0921. The molecule has 3 nitrogen and oxygen atoms in total. The Kier molecular flexibility index (Phi) is 4.12. The maximum Gasteiger partial charge on any atom is 0.147 e. The van der Waals surface area contributed by atoms with Crippen LogP contribution in [0.25, 0.3) is 11.0 Å². The highest BCUT2D eigenvalue weighted by molar-refractivity contribution is 6.20. The summed E-state index contributed by atoms with van der Waals surface area (Å²) in [5.74, 6) is 3.41. The summed E-state index contributed by atoms with van der Waals surface area (Å²) in [6.07, 6.45) is 2.30. The third-order valence-electron chi connectivity index (χ3n) is 4.28. The van der Waals surface area contributed by atoms with Crippen molar-refractivity contribution >= 4 is 22.6 Å². The summed E-state index contributed by atoms with van der Waals surface area (Å²) in [6.45, 7) is 8.14. The van der Waals surface area contributed by atoms with E-state index in [1.165, 1.54) is 6.42 Å². The van der Waals surface area contributed by atoms with Crippen LogP contribution in [0.4, 0.5) is 0 Å². The van der Waals surface area contributed by atoms with Crippen molar-refractivity contribution < 1.29 is 4.74 Å². The Bertz CT molecular complexity index is 635. The lowest BCUT2D eigenvalue weighted by Gasteiger charge is -2.10. The summed E-state index contributed by atoms with van der Waals surface area (Å²) in [6, 6.07) is 6.17. The highest BCUT2D eigenvalue weighted by Gasteiger charge is 2.34. The maximum atomic E-state index is 6.35. The van der Waals surface area contributed by atoms with E-state index < -0.39 is 0 Å². The molecule has 21 heavy (non-hydrogen) atoms. The number of alkyl halides is 1. The van der Waals surface area contributed by atoms with Gasteiger partial charge in [-0.05, 0) is 43.7 Å². The van der Waals surface area contributed by atoms with E-state index in [4.69, 9.17) is 21.3 Å². The van der Waals surface area contributed by atoms with Gasteiger partial charge >= 0.3 is 0 Å². The van der Waals surface area contributed by atoms with Gasteiger partial charge in [0, 0.05) is 6.54 Å². The van der Waals surface area contributed by atoms with E-state index in [0.717, 1.165) is 54.0 Å². The quantitative estimate of drug-likeness (QED) is 0.718. The van der Waals surface area contributed by atoms with Crippen molar-refractivity contribution in [3.63, 3.8) is 0 Å². The molecule has 1 aromatic heterocycles. The molecule has 1 aliphatic carbocycles. The zero-order chi connectivity index (χ0) is 15.0. The molecule has 0 N–H and O–H groups in total. The molecule has 1 saturated carbocycles. The first kappa shape index (κ1) is 14.7. The van der Waals surface area contributed by atoms with Crippen molar-refractivity contribution in [1.29, 1.82) is 0 Å². The summed E-state index contributed by atoms with van der Waals surface area (Å²) in [7, 11) is 0. The summed E-state index contributed by atoms with van der Waals surface area (Å²) in [4.78, 5) is 4.78. The zero-order valence-electron chi connectivity index (χ0n) is 13.0. The van der Waals surface area contributed by atoms with Crippen LogP contribution in [0.5, 0.6) is 5.75 Å². The van der Waals surface area contributed by atoms with Crippen LogP contribution in [-0.4, -0.2) is 16.2 Å². The Balaban J connectivity index is 2.03. The predicted molar refractivity (Wildman–Crippen MR) is 87.1 cm³/mol. The number of para-hydroxylation sites is 1. The first-order chi connectivity index (χ1) is 10.1. The van der Waals surface area contributed by atoms with Crippen LogP contribution in [0.2, 0.25) is 0 Å². The van der Waals surface area contributed by atoms with Crippen LogP contribution < -0.4 is 4.74 Å². The second-order valence-electron chi connectivity index (χ2n) is 6.14. The monoisotopic (exact) mass is 306 g/mol. The Morgan fingerprint density at radius 1 is 1.48 bits per heavy atom. The van der Waals surface area contributed by atoms with Gasteiger partial charge in [-0.2, -0.15) is 0 Å². The molecule has 0 amide bonds. The average Bonchev–Trinajstić information content (AvgIpc) is 3.01. The van der Waals surface area contributed by atoms with Crippen LogP contribution in [0, 0.1) is 11.8 Å². The van der Waals surface area contributed by atoms with E-state index in [0.29, 0.717) is 0 Å². The highest BCUT2D eigenvalue weighted by atomic mass is 35.5. The standard InChI is InChI=1S/C17H23ClN2O/c1-4-8-21-15-7-5-6-14-16(15)19-17(12(3)18)20(14)10-13-9-11(13)2/h5-7,11-13H,4,8-10H2,1-3H3. The molecule has 3 rings (SSSR count). The molecular weight excluding hydrogens is 284 g/mol. The van der Waals surface area contributed by atoms with Crippen molar-refractivity contribution in [3.05, 3.63) is 24.0 Å². The van der Waals surface area contributed by atoms with Crippen LogP contribution in [0.15, 0.2) is 18.2 Å². The Labute approximate surface area is 131 Å². The molecule has 3 unspecified atom stereocenters. The van der Waals surface area contributed by atoms with E-state index >= 15 is 0 Å². The number of rotatable bonds is 6. The van der Waals surface area contributed by atoms with Crippen molar-refractivity contribution in [3.8, 4) is 5.75 Å².